The predicted molar refractivity (Wildman–Crippen MR) is 78.4 cm³/mol. The Bertz CT molecular complexity index is 772. The lowest BCUT2D eigenvalue weighted by Gasteiger charge is -1.97. The smallest absolute Gasteiger partial charge is 0.252 e. The molecular formula is C16H11ClO3. The Morgan fingerprint density at radius 2 is 1.85 bits per heavy atom. The number of carbonyl (C=O) groups excluding carboxylic acids is 1. The Morgan fingerprint density at radius 3 is 2.50 bits per heavy atom. The van der Waals surface area contributed by atoms with Crippen molar-refractivity contribution in [3.63, 3.8) is 0 Å². The standard InChI is InChI=1S/C16H11ClO3/c1-19-13-6-7-14-12(8-13)9-15(20-14)10-2-4-11(5-3-10)16(17)18/h2-9H,1H3. The van der Waals surface area contributed by atoms with Gasteiger partial charge in [-0.05, 0) is 48.0 Å². The van der Waals surface area contributed by atoms with Crippen LogP contribution in [0, 0.1) is 0 Å². The zero-order valence-corrected chi connectivity index (χ0v) is 11.5. The van der Waals surface area contributed by atoms with Gasteiger partial charge in [-0.3, -0.25) is 4.79 Å². The van der Waals surface area contributed by atoms with Gasteiger partial charge in [-0.2, -0.15) is 0 Å². The summed E-state index contributed by atoms with van der Waals surface area (Å²) in [6.45, 7) is 0. The van der Waals surface area contributed by atoms with Crippen LogP contribution < -0.4 is 4.74 Å². The fourth-order valence-electron chi connectivity index (χ4n) is 2.06. The van der Waals surface area contributed by atoms with Gasteiger partial charge in [0.15, 0.2) is 0 Å². The van der Waals surface area contributed by atoms with E-state index in [2.05, 4.69) is 0 Å². The Labute approximate surface area is 120 Å². The van der Waals surface area contributed by atoms with Crippen LogP contribution in [0.2, 0.25) is 0 Å². The van der Waals surface area contributed by atoms with E-state index in [1.807, 2.05) is 36.4 Å². The number of hydrogen-bond donors (Lipinski definition) is 0. The summed E-state index contributed by atoms with van der Waals surface area (Å²) in [7, 11) is 1.63. The lowest BCUT2D eigenvalue weighted by Crippen LogP contribution is -1.87. The number of rotatable bonds is 3. The fraction of sp³-hybridized carbons (Fsp3) is 0.0625. The average Bonchev–Trinajstić information content (AvgIpc) is 2.90. The third kappa shape index (κ3) is 2.28. The highest BCUT2D eigenvalue weighted by atomic mass is 35.5. The molecule has 0 aliphatic rings. The molecule has 0 bridgehead atoms. The number of fused-ring (bicyclic) bond motifs is 1. The largest absolute Gasteiger partial charge is 0.497 e. The summed E-state index contributed by atoms with van der Waals surface area (Å²) in [5, 5.41) is 0.503. The minimum atomic E-state index is -0.467. The SMILES string of the molecule is COc1ccc2oc(-c3ccc(C(=O)Cl)cc3)cc2c1. The van der Waals surface area contributed by atoms with Gasteiger partial charge in [0, 0.05) is 16.5 Å². The zero-order valence-electron chi connectivity index (χ0n) is 10.7. The van der Waals surface area contributed by atoms with Gasteiger partial charge in [-0.25, -0.2) is 0 Å². The highest BCUT2D eigenvalue weighted by Gasteiger charge is 2.08. The van der Waals surface area contributed by atoms with E-state index in [1.165, 1.54) is 0 Å². The van der Waals surface area contributed by atoms with Crippen molar-refractivity contribution < 1.29 is 13.9 Å². The van der Waals surface area contributed by atoms with E-state index >= 15 is 0 Å². The summed E-state index contributed by atoms with van der Waals surface area (Å²) in [6.07, 6.45) is 0. The zero-order chi connectivity index (χ0) is 14.1. The van der Waals surface area contributed by atoms with Crippen LogP contribution in [0.5, 0.6) is 5.75 Å². The number of hydrogen-bond acceptors (Lipinski definition) is 3. The number of benzene rings is 2. The molecule has 0 spiro atoms. The van der Waals surface area contributed by atoms with Gasteiger partial charge >= 0.3 is 0 Å². The van der Waals surface area contributed by atoms with Gasteiger partial charge < -0.3 is 9.15 Å². The molecule has 3 nitrogen and oxygen atoms in total. The number of furan rings is 1. The normalized spacial score (nSPS) is 10.7. The first kappa shape index (κ1) is 12.8. The van der Waals surface area contributed by atoms with Crippen molar-refractivity contribution in [2.24, 2.45) is 0 Å². The van der Waals surface area contributed by atoms with E-state index in [9.17, 15) is 4.79 Å². The van der Waals surface area contributed by atoms with Crippen LogP contribution >= 0.6 is 11.6 Å². The summed E-state index contributed by atoms with van der Waals surface area (Å²) in [5.41, 5.74) is 2.15. The third-order valence-electron chi connectivity index (χ3n) is 3.12. The van der Waals surface area contributed by atoms with Crippen LogP contribution in [0.3, 0.4) is 0 Å². The maximum absolute atomic E-state index is 11.0. The first-order valence-corrected chi connectivity index (χ1v) is 6.43. The Hall–Kier alpha value is -2.26. The molecule has 3 rings (SSSR count). The quantitative estimate of drug-likeness (QED) is 0.666. The van der Waals surface area contributed by atoms with E-state index < -0.39 is 5.24 Å². The maximum atomic E-state index is 11.0. The van der Waals surface area contributed by atoms with E-state index in [4.69, 9.17) is 20.8 Å². The van der Waals surface area contributed by atoms with Gasteiger partial charge in [0.05, 0.1) is 7.11 Å². The first-order chi connectivity index (χ1) is 9.67. The molecule has 100 valence electrons. The van der Waals surface area contributed by atoms with E-state index in [0.29, 0.717) is 5.56 Å². The Balaban J connectivity index is 2.03. The highest BCUT2D eigenvalue weighted by molar-refractivity contribution is 6.67. The minimum Gasteiger partial charge on any atom is -0.497 e. The lowest BCUT2D eigenvalue weighted by molar-refractivity contribution is 0.108. The molecule has 0 saturated heterocycles. The van der Waals surface area contributed by atoms with Crippen molar-refractivity contribution in [2.45, 2.75) is 0 Å². The minimum absolute atomic E-state index is 0.466. The highest BCUT2D eigenvalue weighted by Crippen LogP contribution is 2.30. The fourth-order valence-corrected chi connectivity index (χ4v) is 2.18. The van der Waals surface area contributed by atoms with Crippen molar-refractivity contribution in [3.05, 3.63) is 54.1 Å². The summed E-state index contributed by atoms with van der Waals surface area (Å²) in [5.74, 6) is 1.52. The molecule has 0 amide bonds. The molecule has 1 heterocycles. The molecule has 0 N–H and O–H groups in total. The molecule has 0 aliphatic carbocycles. The van der Waals surface area contributed by atoms with Gasteiger partial charge in [0.1, 0.15) is 17.1 Å². The Morgan fingerprint density at radius 1 is 1.10 bits per heavy atom. The summed E-state index contributed by atoms with van der Waals surface area (Å²) in [4.78, 5) is 11.0. The molecule has 0 radical (unpaired) electrons. The summed E-state index contributed by atoms with van der Waals surface area (Å²) < 4.78 is 11.0. The van der Waals surface area contributed by atoms with E-state index in [0.717, 1.165) is 28.0 Å². The van der Waals surface area contributed by atoms with Crippen LogP contribution in [-0.4, -0.2) is 12.4 Å². The van der Waals surface area contributed by atoms with Crippen LogP contribution in [-0.2, 0) is 0 Å². The molecule has 20 heavy (non-hydrogen) atoms. The predicted octanol–water partition coefficient (Wildman–Crippen LogP) is 4.49. The maximum Gasteiger partial charge on any atom is 0.252 e. The monoisotopic (exact) mass is 286 g/mol. The topological polar surface area (TPSA) is 39.4 Å². The number of halogens is 1. The van der Waals surface area contributed by atoms with Gasteiger partial charge in [0.2, 0.25) is 0 Å². The third-order valence-corrected chi connectivity index (χ3v) is 3.34. The van der Waals surface area contributed by atoms with Crippen molar-refractivity contribution in [2.75, 3.05) is 7.11 Å². The number of methoxy groups -OCH3 is 1. The van der Waals surface area contributed by atoms with E-state index in [-0.39, 0.29) is 0 Å². The van der Waals surface area contributed by atoms with Crippen LogP contribution in [0.15, 0.2) is 52.9 Å². The Kier molecular flexibility index (Phi) is 3.20. The van der Waals surface area contributed by atoms with Crippen LogP contribution in [0.1, 0.15) is 10.4 Å². The summed E-state index contributed by atoms with van der Waals surface area (Å²) >= 11 is 5.42. The second-order valence-electron chi connectivity index (χ2n) is 4.37. The molecule has 0 saturated carbocycles. The van der Waals surface area contributed by atoms with Crippen LogP contribution in [0.4, 0.5) is 0 Å². The molecule has 1 aromatic heterocycles. The average molecular weight is 287 g/mol. The molecule has 0 fully saturated rings. The molecule has 0 aliphatic heterocycles. The second-order valence-corrected chi connectivity index (χ2v) is 4.71. The van der Waals surface area contributed by atoms with Crippen molar-refractivity contribution in [1.29, 1.82) is 0 Å². The van der Waals surface area contributed by atoms with Gasteiger partial charge in [-0.15, -0.1) is 0 Å². The molecule has 4 heteroatoms. The lowest BCUT2D eigenvalue weighted by atomic mass is 10.1. The molecule has 3 aromatic rings. The molecule has 0 unspecified atom stereocenters. The number of ether oxygens (including phenoxy) is 1. The first-order valence-electron chi connectivity index (χ1n) is 6.05. The van der Waals surface area contributed by atoms with Gasteiger partial charge in [-0.1, -0.05) is 12.1 Å². The summed E-state index contributed by atoms with van der Waals surface area (Å²) in [6, 6.07) is 14.6. The van der Waals surface area contributed by atoms with Crippen molar-refractivity contribution in [1.82, 2.24) is 0 Å². The molecular weight excluding hydrogens is 276 g/mol. The van der Waals surface area contributed by atoms with Crippen molar-refractivity contribution >= 4 is 27.8 Å². The van der Waals surface area contributed by atoms with Crippen LogP contribution in [0.25, 0.3) is 22.3 Å². The van der Waals surface area contributed by atoms with Gasteiger partial charge in [0.25, 0.3) is 5.24 Å². The second kappa shape index (κ2) is 5.02. The molecule has 2 aromatic carbocycles. The number of carbonyl (C=O) groups is 1. The van der Waals surface area contributed by atoms with E-state index in [1.54, 1.807) is 19.2 Å². The van der Waals surface area contributed by atoms with Crippen molar-refractivity contribution in [3.8, 4) is 17.1 Å². The molecule has 0 atom stereocenters.